The van der Waals surface area contributed by atoms with Crippen LogP contribution in [0.1, 0.15) is 117 Å². The molecule has 0 atom stereocenters. The van der Waals surface area contributed by atoms with Gasteiger partial charge in [-0.1, -0.05) is 85.0 Å². The van der Waals surface area contributed by atoms with Gasteiger partial charge in [0.1, 0.15) is 0 Å². The number of carbonyl (C=O) groups excluding carboxylic acids is 2. The van der Waals surface area contributed by atoms with E-state index in [1.165, 1.54) is 51.4 Å². The summed E-state index contributed by atoms with van der Waals surface area (Å²) in [5, 5.41) is 0. The van der Waals surface area contributed by atoms with E-state index in [0.29, 0.717) is 32.0 Å². The zero-order valence-electron chi connectivity index (χ0n) is 18.2. The first-order chi connectivity index (χ1) is 13.1. The van der Waals surface area contributed by atoms with Gasteiger partial charge in [-0.3, -0.25) is 9.59 Å². The molecule has 0 spiro atoms. The minimum absolute atomic E-state index is 0.103. The summed E-state index contributed by atoms with van der Waals surface area (Å²) >= 11 is 0. The summed E-state index contributed by atoms with van der Waals surface area (Å²) in [6.45, 7) is 7.34. The van der Waals surface area contributed by atoms with E-state index in [1.54, 1.807) is 0 Å². The van der Waals surface area contributed by atoms with Gasteiger partial charge in [0, 0.05) is 12.8 Å². The Hall–Kier alpha value is -1.06. The number of carbonyl (C=O) groups is 2. The second-order valence-electron chi connectivity index (χ2n) is 8.04. The second-order valence-corrected chi connectivity index (χ2v) is 8.04. The molecule has 0 saturated carbocycles. The molecule has 0 aromatic rings. The molecule has 0 unspecified atom stereocenters. The summed E-state index contributed by atoms with van der Waals surface area (Å²) in [5.74, 6) is 0.139. The number of rotatable bonds is 19. The van der Waals surface area contributed by atoms with E-state index in [1.807, 2.05) is 13.8 Å². The third-order valence-corrected chi connectivity index (χ3v) is 4.60. The van der Waals surface area contributed by atoms with Crippen LogP contribution in [0.25, 0.3) is 0 Å². The quantitative estimate of drug-likeness (QED) is 0.186. The lowest BCUT2D eigenvalue weighted by molar-refractivity contribution is -0.144. The zero-order chi connectivity index (χ0) is 20.2. The van der Waals surface area contributed by atoms with Crippen LogP contribution in [0.3, 0.4) is 0 Å². The molecule has 0 aromatic carbocycles. The van der Waals surface area contributed by atoms with Crippen molar-refractivity contribution in [3.63, 3.8) is 0 Å². The summed E-state index contributed by atoms with van der Waals surface area (Å²) in [4.78, 5) is 23.1. The predicted molar refractivity (Wildman–Crippen MR) is 112 cm³/mol. The maximum atomic E-state index is 11.7. The molecule has 4 nitrogen and oxygen atoms in total. The molecule has 0 aliphatic rings. The molecule has 0 radical (unpaired) electrons. The summed E-state index contributed by atoms with van der Waals surface area (Å²) in [6, 6.07) is 0. The van der Waals surface area contributed by atoms with Crippen molar-refractivity contribution >= 4 is 11.9 Å². The molecule has 27 heavy (non-hydrogen) atoms. The number of hydrogen-bond acceptors (Lipinski definition) is 4. The molecule has 0 aromatic heterocycles. The Morgan fingerprint density at radius 1 is 0.630 bits per heavy atom. The van der Waals surface area contributed by atoms with Crippen molar-refractivity contribution in [2.24, 2.45) is 5.92 Å². The molecule has 160 valence electrons. The number of esters is 2. The Kier molecular flexibility index (Phi) is 18.9. The lowest BCUT2D eigenvalue weighted by atomic mass is 10.1. The first-order valence-corrected chi connectivity index (χ1v) is 11.4. The third-order valence-electron chi connectivity index (χ3n) is 4.60. The Bertz CT molecular complexity index is 352. The van der Waals surface area contributed by atoms with Gasteiger partial charge in [0.05, 0.1) is 13.2 Å². The van der Waals surface area contributed by atoms with Crippen molar-refractivity contribution in [2.45, 2.75) is 117 Å². The average Bonchev–Trinajstić information content (AvgIpc) is 2.64. The van der Waals surface area contributed by atoms with Crippen LogP contribution >= 0.6 is 0 Å². The molecule has 0 bridgehead atoms. The molecule has 0 amide bonds. The van der Waals surface area contributed by atoms with Crippen LogP contribution in [-0.4, -0.2) is 25.2 Å². The van der Waals surface area contributed by atoms with Crippen molar-refractivity contribution in [3.05, 3.63) is 0 Å². The summed E-state index contributed by atoms with van der Waals surface area (Å²) in [5.41, 5.74) is 0. The van der Waals surface area contributed by atoms with Crippen LogP contribution in [0.5, 0.6) is 0 Å². The van der Waals surface area contributed by atoms with Crippen LogP contribution in [-0.2, 0) is 19.1 Å². The molecule has 0 aliphatic carbocycles. The highest BCUT2D eigenvalue weighted by Gasteiger charge is 2.06. The SMILES string of the molecule is CCCCCCCCCCCCOC(=O)CCCCCC(=O)OCC(C)C. The maximum Gasteiger partial charge on any atom is 0.305 e. The molecule has 4 heteroatoms. The van der Waals surface area contributed by atoms with E-state index < -0.39 is 0 Å². The van der Waals surface area contributed by atoms with Gasteiger partial charge in [0.2, 0.25) is 0 Å². The van der Waals surface area contributed by atoms with Gasteiger partial charge in [-0.2, -0.15) is 0 Å². The van der Waals surface area contributed by atoms with Crippen LogP contribution in [0.2, 0.25) is 0 Å². The smallest absolute Gasteiger partial charge is 0.305 e. The number of hydrogen-bond donors (Lipinski definition) is 0. The largest absolute Gasteiger partial charge is 0.466 e. The Morgan fingerprint density at radius 3 is 1.59 bits per heavy atom. The molecule has 0 N–H and O–H groups in total. The molecule has 0 aliphatic heterocycles. The molecule has 0 heterocycles. The Morgan fingerprint density at radius 2 is 1.07 bits per heavy atom. The molecule has 0 saturated heterocycles. The highest BCUT2D eigenvalue weighted by Crippen LogP contribution is 2.11. The fourth-order valence-electron chi connectivity index (χ4n) is 2.89. The minimum atomic E-state index is -0.132. The van der Waals surface area contributed by atoms with E-state index in [-0.39, 0.29) is 11.9 Å². The van der Waals surface area contributed by atoms with Gasteiger partial charge >= 0.3 is 11.9 Å². The van der Waals surface area contributed by atoms with Crippen molar-refractivity contribution in [2.75, 3.05) is 13.2 Å². The van der Waals surface area contributed by atoms with Gasteiger partial charge in [0.15, 0.2) is 0 Å². The third kappa shape index (κ3) is 21.1. The van der Waals surface area contributed by atoms with E-state index in [0.717, 1.165) is 32.1 Å². The summed E-state index contributed by atoms with van der Waals surface area (Å²) < 4.78 is 10.4. The molecular weight excluding hydrogens is 340 g/mol. The minimum Gasteiger partial charge on any atom is -0.466 e. The topological polar surface area (TPSA) is 52.6 Å². The van der Waals surface area contributed by atoms with Crippen LogP contribution in [0.4, 0.5) is 0 Å². The van der Waals surface area contributed by atoms with Crippen molar-refractivity contribution in [1.29, 1.82) is 0 Å². The van der Waals surface area contributed by atoms with Gasteiger partial charge in [-0.25, -0.2) is 0 Å². The summed E-state index contributed by atoms with van der Waals surface area (Å²) in [7, 11) is 0. The first kappa shape index (κ1) is 25.9. The zero-order valence-corrected chi connectivity index (χ0v) is 18.2. The highest BCUT2D eigenvalue weighted by atomic mass is 16.5. The van der Waals surface area contributed by atoms with Crippen molar-refractivity contribution in [1.82, 2.24) is 0 Å². The fourth-order valence-corrected chi connectivity index (χ4v) is 2.89. The predicted octanol–water partition coefficient (Wildman–Crippen LogP) is 6.60. The fraction of sp³-hybridized carbons (Fsp3) is 0.913. The van der Waals surface area contributed by atoms with E-state index >= 15 is 0 Å². The number of unbranched alkanes of at least 4 members (excludes halogenated alkanes) is 11. The monoisotopic (exact) mass is 384 g/mol. The second kappa shape index (κ2) is 19.7. The Balaban J connectivity index is 3.27. The van der Waals surface area contributed by atoms with E-state index in [9.17, 15) is 9.59 Å². The maximum absolute atomic E-state index is 11.7. The van der Waals surface area contributed by atoms with Crippen LogP contribution < -0.4 is 0 Å². The van der Waals surface area contributed by atoms with Gasteiger partial charge in [-0.05, 0) is 25.2 Å². The van der Waals surface area contributed by atoms with E-state index in [4.69, 9.17) is 9.47 Å². The standard InChI is InChI=1S/C23H44O4/c1-4-5-6-7-8-9-10-11-12-16-19-26-22(24)17-14-13-15-18-23(25)27-20-21(2)3/h21H,4-20H2,1-3H3. The summed E-state index contributed by atoms with van der Waals surface area (Å²) in [6.07, 6.45) is 16.2. The molecule has 0 fully saturated rings. The normalized spacial score (nSPS) is 11.0. The lowest BCUT2D eigenvalue weighted by Crippen LogP contribution is -2.09. The van der Waals surface area contributed by atoms with Crippen LogP contribution in [0, 0.1) is 5.92 Å². The van der Waals surface area contributed by atoms with Crippen molar-refractivity contribution < 1.29 is 19.1 Å². The first-order valence-electron chi connectivity index (χ1n) is 11.4. The number of ether oxygens (including phenoxy) is 2. The molecular formula is C23H44O4. The van der Waals surface area contributed by atoms with E-state index in [2.05, 4.69) is 6.92 Å². The van der Waals surface area contributed by atoms with Gasteiger partial charge in [-0.15, -0.1) is 0 Å². The molecule has 0 rings (SSSR count). The highest BCUT2D eigenvalue weighted by molar-refractivity contribution is 5.69. The average molecular weight is 385 g/mol. The van der Waals surface area contributed by atoms with Gasteiger partial charge in [0.25, 0.3) is 0 Å². The van der Waals surface area contributed by atoms with Crippen molar-refractivity contribution in [3.8, 4) is 0 Å². The van der Waals surface area contributed by atoms with Crippen LogP contribution in [0.15, 0.2) is 0 Å². The van der Waals surface area contributed by atoms with Gasteiger partial charge < -0.3 is 9.47 Å². The lowest BCUT2D eigenvalue weighted by Gasteiger charge is -2.07. The Labute approximate surface area is 167 Å².